The number of ketones is 1. The first-order chi connectivity index (χ1) is 6.54. The standard InChI is InChI=1S/C11H14ClNO/c1-8(14)11(13(2)3)9-6-4-5-7-10(9)12/h4-7,11H,1-3H3/t11-/m0/s1. The van der Waals surface area contributed by atoms with Gasteiger partial charge in [-0.25, -0.2) is 0 Å². The molecule has 14 heavy (non-hydrogen) atoms. The molecule has 0 unspecified atom stereocenters. The van der Waals surface area contributed by atoms with Gasteiger partial charge in [-0.05, 0) is 32.6 Å². The molecule has 0 saturated heterocycles. The van der Waals surface area contributed by atoms with Crippen molar-refractivity contribution in [1.82, 2.24) is 4.90 Å². The molecule has 0 saturated carbocycles. The van der Waals surface area contributed by atoms with E-state index >= 15 is 0 Å². The van der Waals surface area contributed by atoms with Gasteiger partial charge in [0.2, 0.25) is 0 Å². The van der Waals surface area contributed by atoms with Gasteiger partial charge in [-0.2, -0.15) is 0 Å². The summed E-state index contributed by atoms with van der Waals surface area (Å²) < 4.78 is 0. The highest BCUT2D eigenvalue weighted by Gasteiger charge is 2.20. The molecule has 1 aromatic carbocycles. The Morgan fingerprint density at radius 2 is 1.93 bits per heavy atom. The Bertz CT molecular complexity index is 336. The van der Waals surface area contributed by atoms with Gasteiger partial charge in [0.25, 0.3) is 0 Å². The van der Waals surface area contributed by atoms with Crippen molar-refractivity contribution in [3.05, 3.63) is 34.9 Å². The number of rotatable bonds is 3. The predicted octanol–water partition coefficient (Wildman–Crippen LogP) is 2.53. The highest BCUT2D eigenvalue weighted by atomic mass is 35.5. The van der Waals surface area contributed by atoms with Gasteiger partial charge in [-0.3, -0.25) is 9.69 Å². The van der Waals surface area contributed by atoms with E-state index in [4.69, 9.17) is 11.6 Å². The van der Waals surface area contributed by atoms with E-state index in [9.17, 15) is 4.79 Å². The minimum absolute atomic E-state index is 0.100. The zero-order chi connectivity index (χ0) is 10.7. The lowest BCUT2D eigenvalue weighted by molar-refractivity contribution is -0.121. The van der Waals surface area contributed by atoms with Crippen LogP contribution in [0.4, 0.5) is 0 Å². The van der Waals surface area contributed by atoms with Gasteiger partial charge in [0, 0.05) is 5.02 Å². The van der Waals surface area contributed by atoms with Crippen LogP contribution in [0.1, 0.15) is 18.5 Å². The number of halogens is 1. The van der Waals surface area contributed by atoms with E-state index in [1.165, 1.54) is 0 Å². The third kappa shape index (κ3) is 2.34. The number of benzene rings is 1. The van der Waals surface area contributed by atoms with Gasteiger partial charge in [-0.1, -0.05) is 29.8 Å². The predicted molar refractivity (Wildman–Crippen MR) is 58.6 cm³/mol. The van der Waals surface area contributed by atoms with E-state index in [0.717, 1.165) is 5.56 Å². The number of Topliss-reactive ketones (excluding diaryl/α,β-unsaturated/α-hetero) is 1. The second-order valence-corrected chi connectivity index (χ2v) is 3.91. The van der Waals surface area contributed by atoms with E-state index in [0.29, 0.717) is 5.02 Å². The molecule has 2 nitrogen and oxygen atoms in total. The molecule has 0 aliphatic rings. The molecule has 0 aromatic heterocycles. The van der Waals surface area contributed by atoms with Crippen molar-refractivity contribution in [2.24, 2.45) is 0 Å². The topological polar surface area (TPSA) is 20.3 Å². The summed E-state index contributed by atoms with van der Waals surface area (Å²) in [6.45, 7) is 1.58. The fourth-order valence-electron chi connectivity index (χ4n) is 1.56. The second kappa shape index (κ2) is 4.58. The lowest BCUT2D eigenvalue weighted by atomic mass is 10.0. The number of nitrogens with zero attached hydrogens (tertiary/aromatic N) is 1. The van der Waals surface area contributed by atoms with Crippen LogP contribution >= 0.6 is 11.6 Å². The summed E-state index contributed by atoms with van der Waals surface area (Å²) in [7, 11) is 3.74. The SMILES string of the molecule is CC(=O)[C@@H](c1ccccc1Cl)N(C)C. The average molecular weight is 212 g/mol. The third-order valence-corrected chi connectivity index (χ3v) is 2.45. The summed E-state index contributed by atoms with van der Waals surface area (Å²) in [4.78, 5) is 13.3. The monoisotopic (exact) mass is 211 g/mol. The Kier molecular flexibility index (Phi) is 3.67. The number of carbonyl (C=O) groups is 1. The smallest absolute Gasteiger partial charge is 0.151 e. The molecule has 0 aliphatic carbocycles. The van der Waals surface area contributed by atoms with Gasteiger partial charge < -0.3 is 0 Å². The van der Waals surface area contributed by atoms with Gasteiger partial charge >= 0.3 is 0 Å². The molecule has 0 fully saturated rings. The zero-order valence-electron chi connectivity index (χ0n) is 8.62. The van der Waals surface area contributed by atoms with Crippen LogP contribution in [0.2, 0.25) is 5.02 Å². The van der Waals surface area contributed by atoms with Crippen molar-refractivity contribution >= 4 is 17.4 Å². The largest absolute Gasteiger partial charge is 0.298 e. The van der Waals surface area contributed by atoms with Crippen molar-refractivity contribution in [2.75, 3.05) is 14.1 Å². The summed E-state index contributed by atoms with van der Waals surface area (Å²) >= 11 is 6.03. The Labute approximate surface area is 89.5 Å². The van der Waals surface area contributed by atoms with E-state index in [1.54, 1.807) is 13.0 Å². The summed E-state index contributed by atoms with van der Waals surface area (Å²) in [5.74, 6) is 0.100. The van der Waals surface area contributed by atoms with Crippen LogP contribution in [0.5, 0.6) is 0 Å². The Balaban J connectivity index is 3.12. The van der Waals surface area contributed by atoms with E-state index in [2.05, 4.69) is 0 Å². The summed E-state index contributed by atoms with van der Waals surface area (Å²) in [6, 6.07) is 7.19. The van der Waals surface area contributed by atoms with Crippen molar-refractivity contribution in [2.45, 2.75) is 13.0 Å². The molecule has 0 heterocycles. The molecule has 0 aliphatic heterocycles. The van der Waals surface area contributed by atoms with Gasteiger partial charge in [-0.15, -0.1) is 0 Å². The van der Waals surface area contributed by atoms with Crippen LogP contribution in [0.25, 0.3) is 0 Å². The van der Waals surface area contributed by atoms with Crippen molar-refractivity contribution in [3.8, 4) is 0 Å². The van der Waals surface area contributed by atoms with Crippen LogP contribution < -0.4 is 0 Å². The number of likely N-dealkylation sites (N-methyl/N-ethyl adjacent to an activating group) is 1. The summed E-state index contributed by atoms with van der Waals surface area (Å²) in [5.41, 5.74) is 0.867. The molecular weight excluding hydrogens is 198 g/mol. The normalized spacial score (nSPS) is 12.9. The fraction of sp³-hybridized carbons (Fsp3) is 0.364. The van der Waals surface area contributed by atoms with Crippen LogP contribution in [-0.4, -0.2) is 24.8 Å². The molecule has 0 radical (unpaired) electrons. The molecule has 0 spiro atoms. The first kappa shape index (κ1) is 11.2. The molecule has 1 rings (SSSR count). The maximum atomic E-state index is 11.4. The summed E-state index contributed by atoms with van der Waals surface area (Å²) in [5, 5.41) is 0.640. The minimum Gasteiger partial charge on any atom is -0.298 e. The molecule has 0 bridgehead atoms. The molecule has 1 aromatic rings. The maximum Gasteiger partial charge on any atom is 0.151 e. The second-order valence-electron chi connectivity index (χ2n) is 3.50. The molecule has 1 atom stereocenters. The highest BCUT2D eigenvalue weighted by Crippen LogP contribution is 2.26. The molecule has 3 heteroatoms. The number of hydrogen-bond donors (Lipinski definition) is 0. The average Bonchev–Trinajstić information content (AvgIpc) is 2.07. The molecule has 0 amide bonds. The first-order valence-electron chi connectivity index (χ1n) is 4.45. The van der Waals surface area contributed by atoms with E-state index in [-0.39, 0.29) is 11.8 Å². The highest BCUT2D eigenvalue weighted by molar-refractivity contribution is 6.31. The third-order valence-electron chi connectivity index (χ3n) is 2.10. The van der Waals surface area contributed by atoms with Crippen molar-refractivity contribution < 1.29 is 4.79 Å². The van der Waals surface area contributed by atoms with Gasteiger partial charge in [0.15, 0.2) is 5.78 Å². The summed E-state index contributed by atoms with van der Waals surface area (Å²) in [6.07, 6.45) is 0. The Morgan fingerprint density at radius 1 is 1.36 bits per heavy atom. The Morgan fingerprint density at radius 3 is 2.36 bits per heavy atom. The van der Waals surface area contributed by atoms with Gasteiger partial charge in [0.05, 0.1) is 6.04 Å². The quantitative estimate of drug-likeness (QED) is 0.766. The zero-order valence-corrected chi connectivity index (χ0v) is 9.38. The van der Waals surface area contributed by atoms with Crippen LogP contribution in [-0.2, 0) is 4.79 Å². The minimum atomic E-state index is -0.247. The van der Waals surface area contributed by atoms with Gasteiger partial charge in [0.1, 0.15) is 0 Å². The van der Waals surface area contributed by atoms with Crippen LogP contribution in [0.3, 0.4) is 0 Å². The van der Waals surface area contributed by atoms with Crippen molar-refractivity contribution in [1.29, 1.82) is 0 Å². The lowest BCUT2D eigenvalue weighted by Crippen LogP contribution is -2.26. The van der Waals surface area contributed by atoms with E-state index in [1.807, 2.05) is 37.2 Å². The Hall–Kier alpha value is -0.860. The lowest BCUT2D eigenvalue weighted by Gasteiger charge is -2.22. The van der Waals surface area contributed by atoms with Crippen molar-refractivity contribution in [3.63, 3.8) is 0 Å². The molecule has 0 N–H and O–H groups in total. The van der Waals surface area contributed by atoms with E-state index < -0.39 is 0 Å². The maximum absolute atomic E-state index is 11.4. The van der Waals surface area contributed by atoms with Crippen LogP contribution in [0.15, 0.2) is 24.3 Å². The fourth-order valence-corrected chi connectivity index (χ4v) is 1.80. The number of carbonyl (C=O) groups excluding carboxylic acids is 1. The number of hydrogen-bond acceptors (Lipinski definition) is 2. The first-order valence-corrected chi connectivity index (χ1v) is 4.83. The van der Waals surface area contributed by atoms with Crippen LogP contribution in [0, 0.1) is 0 Å². The molecule has 76 valence electrons. The molecular formula is C11H14ClNO.